The van der Waals surface area contributed by atoms with Gasteiger partial charge in [0.25, 0.3) is 10.2 Å². The van der Waals surface area contributed by atoms with Crippen molar-refractivity contribution in [2.24, 2.45) is 0 Å². The molecular weight excluding hydrogens is 500 g/mol. The van der Waals surface area contributed by atoms with Crippen molar-refractivity contribution in [3.8, 4) is 22.7 Å². The molecule has 0 aliphatic carbocycles. The molecule has 0 amide bonds. The fourth-order valence-corrected chi connectivity index (χ4v) is 3.61. The van der Waals surface area contributed by atoms with Crippen LogP contribution in [0.2, 0.25) is 0 Å². The van der Waals surface area contributed by atoms with Crippen molar-refractivity contribution in [1.29, 1.82) is 0 Å². The minimum Gasteiger partial charge on any atom is -0.497 e. The molecule has 15 heteroatoms. The van der Waals surface area contributed by atoms with Crippen LogP contribution in [0.4, 0.5) is 0 Å². The molecule has 0 atom stereocenters. The second-order valence-electron chi connectivity index (χ2n) is 7.13. The molecule has 0 unspecified atom stereocenters. The summed E-state index contributed by atoms with van der Waals surface area (Å²) in [5.41, 5.74) is 2.98. The molecule has 14 nitrogen and oxygen atoms in total. The fourth-order valence-electron chi connectivity index (χ4n) is 2.98. The number of benzene rings is 2. The lowest BCUT2D eigenvalue weighted by molar-refractivity contribution is -0.757. The van der Waals surface area contributed by atoms with Crippen LogP contribution in [0, 0.1) is 20.2 Å². The van der Waals surface area contributed by atoms with Crippen molar-refractivity contribution in [2.45, 2.75) is 17.9 Å². The van der Waals surface area contributed by atoms with E-state index in [-0.39, 0.29) is 24.7 Å². The first kappa shape index (κ1) is 28.0. The largest absolute Gasteiger partial charge is 0.497 e. The van der Waals surface area contributed by atoms with E-state index in [1.54, 1.807) is 36.1 Å². The van der Waals surface area contributed by atoms with Crippen molar-refractivity contribution in [3.05, 3.63) is 80.5 Å². The van der Waals surface area contributed by atoms with Gasteiger partial charge in [0.2, 0.25) is 0 Å². The van der Waals surface area contributed by atoms with E-state index in [1.807, 2.05) is 30.3 Å². The molecule has 0 fully saturated rings. The standard InChI is InChI=1S/C21H23N3O7S.HNO3/c1-29-19-8-6-18(7-9-19)23-21(16-4-10-20(11-5-16)32(2,27)28)14-17(22-23)15-30-12-3-13-31-24(25)26;2-1(3)4/h4-11,14H,3,12-13,15H2,1-2H3;(H,2,3,4). The highest BCUT2D eigenvalue weighted by atomic mass is 32.2. The Labute approximate surface area is 205 Å². The maximum atomic E-state index is 11.8. The van der Waals surface area contributed by atoms with Gasteiger partial charge < -0.3 is 19.5 Å². The second kappa shape index (κ2) is 13.0. The topological polar surface area (TPSA) is 186 Å². The van der Waals surface area contributed by atoms with Crippen LogP contribution in [0.5, 0.6) is 5.75 Å². The second-order valence-corrected chi connectivity index (χ2v) is 9.14. The minimum absolute atomic E-state index is 0.0365. The van der Waals surface area contributed by atoms with Crippen molar-refractivity contribution >= 4 is 9.84 Å². The molecule has 1 N–H and O–H groups in total. The first-order chi connectivity index (χ1) is 17.0. The van der Waals surface area contributed by atoms with E-state index in [1.165, 1.54) is 0 Å². The number of ether oxygens (including phenoxy) is 2. The van der Waals surface area contributed by atoms with Crippen LogP contribution in [-0.2, 0) is 26.0 Å². The molecule has 36 heavy (non-hydrogen) atoms. The van der Waals surface area contributed by atoms with Crippen LogP contribution in [0.3, 0.4) is 0 Å². The Balaban J connectivity index is 0.00000106. The predicted molar refractivity (Wildman–Crippen MR) is 125 cm³/mol. The molecular formula is C21H24N4O10S. The number of sulfone groups is 1. The summed E-state index contributed by atoms with van der Waals surface area (Å²) in [6.07, 6.45) is 1.54. The van der Waals surface area contributed by atoms with Gasteiger partial charge in [0, 0.05) is 18.4 Å². The molecule has 0 saturated heterocycles. The quantitative estimate of drug-likeness (QED) is 0.221. The Bertz CT molecular complexity index is 1250. The maximum Gasteiger partial charge on any atom is 0.294 e. The molecule has 3 rings (SSSR count). The Morgan fingerprint density at radius 3 is 2.17 bits per heavy atom. The zero-order valence-electron chi connectivity index (χ0n) is 19.3. The smallest absolute Gasteiger partial charge is 0.294 e. The van der Waals surface area contributed by atoms with Gasteiger partial charge in [-0.05, 0) is 48.9 Å². The third-order valence-electron chi connectivity index (χ3n) is 4.53. The molecule has 1 aromatic heterocycles. The lowest BCUT2D eigenvalue weighted by atomic mass is 10.1. The molecule has 3 aromatic rings. The summed E-state index contributed by atoms with van der Waals surface area (Å²) < 4.78 is 36.1. The Morgan fingerprint density at radius 1 is 1.03 bits per heavy atom. The first-order valence-electron chi connectivity index (χ1n) is 10.2. The molecule has 2 aromatic carbocycles. The number of hydrogen-bond acceptors (Lipinski definition) is 10. The third-order valence-corrected chi connectivity index (χ3v) is 5.66. The minimum atomic E-state index is -3.30. The van der Waals surface area contributed by atoms with Gasteiger partial charge in [0.15, 0.2) is 9.84 Å². The Morgan fingerprint density at radius 2 is 1.64 bits per heavy atom. The van der Waals surface area contributed by atoms with Gasteiger partial charge >= 0.3 is 0 Å². The van der Waals surface area contributed by atoms with Crippen LogP contribution in [-0.4, -0.2) is 60.2 Å². The van der Waals surface area contributed by atoms with E-state index >= 15 is 0 Å². The molecule has 194 valence electrons. The fraction of sp³-hybridized carbons (Fsp3) is 0.286. The molecule has 0 aliphatic heterocycles. The van der Waals surface area contributed by atoms with Crippen molar-refractivity contribution in [1.82, 2.24) is 9.78 Å². The summed E-state index contributed by atoms with van der Waals surface area (Å²) in [5.74, 6) is 0.709. The normalized spacial score (nSPS) is 10.7. The average Bonchev–Trinajstić information content (AvgIpc) is 3.24. The van der Waals surface area contributed by atoms with Gasteiger partial charge in [0.1, 0.15) is 5.75 Å². The summed E-state index contributed by atoms with van der Waals surface area (Å²) in [7, 11) is -1.71. The molecule has 0 radical (unpaired) electrons. The highest BCUT2D eigenvalue weighted by Gasteiger charge is 2.14. The van der Waals surface area contributed by atoms with E-state index in [2.05, 4.69) is 9.94 Å². The van der Waals surface area contributed by atoms with Gasteiger partial charge in [-0.1, -0.05) is 12.1 Å². The average molecular weight is 525 g/mol. The highest BCUT2D eigenvalue weighted by molar-refractivity contribution is 7.90. The Hall–Kier alpha value is -4.24. The SMILES string of the molecule is COc1ccc(-n2nc(COCCCO[N+](=O)[O-])cc2-c2ccc(S(C)(=O)=O)cc2)cc1.O=[N+]([O-])O. The van der Waals surface area contributed by atoms with Crippen LogP contribution in [0.1, 0.15) is 12.1 Å². The summed E-state index contributed by atoms with van der Waals surface area (Å²) in [6.45, 7) is 0.447. The van der Waals surface area contributed by atoms with Crippen LogP contribution < -0.4 is 4.74 Å². The van der Waals surface area contributed by atoms with E-state index in [4.69, 9.17) is 24.8 Å². The first-order valence-corrected chi connectivity index (χ1v) is 12.1. The summed E-state index contributed by atoms with van der Waals surface area (Å²) in [6, 6.07) is 15.8. The van der Waals surface area contributed by atoms with E-state index in [0.717, 1.165) is 23.2 Å². The monoisotopic (exact) mass is 524 g/mol. The van der Waals surface area contributed by atoms with Crippen molar-refractivity contribution < 1.29 is 38.1 Å². The van der Waals surface area contributed by atoms with Gasteiger partial charge in [-0.15, -0.1) is 20.2 Å². The van der Waals surface area contributed by atoms with Gasteiger partial charge in [-0.25, -0.2) is 13.1 Å². The van der Waals surface area contributed by atoms with Gasteiger partial charge in [-0.2, -0.15) is 5.10 Å². The lowest BCUT2D eigenvalue weighted by Gasteiger charge is -2.09. The van der Waals surface area contributed by atoms with Crippen LogP contribution in [0.25, 0.3) is 16.9 Å². The zero-order valence-corrected chi connectivity index (χ0v) is 20.2. The van der Waals surface area contributed by atoms with E-state index in [0.29, 0.717) is 17.9 Å². The molecule has 1 heterocycles. The number of nitrogens with zero attached hydrogens (tertiary/aromatic N) is 4. The van der Waals surface area contributed by atoms with Crippen LogP contribution in [0.15, 0.2) is 59.5 Å². The molecule has 0 aliphatic rings. The summed E-state index contributed by atoms with van der Waals surface area (Å²) in [5, 5.41) is 27.6. The zero-order chi connectivity index (χ0) is 26.7. The maximum absolute atomic E-state index is 11.8. The molecule has 0 saturated carbocycles. The van der Waals surface area contributed by atoms with Crippen molar-refractivity contribution in [2.75, 3.05) is 26.6 Å². The lowest BCUT2D eigenvalue weighted by Crippen LogP contribution is -2.06. The number of aromatic nitrogens is 2. The molecule has 0 spiro atoms. The number of methoxy groups -OCH3 is 1. The summed E-state index contributed by atoms with van der Waals surface area (Å²) >= 11 is 0. The van der Waals surface area contributed by atoms with Gasteiger partial charge in [0.05, 0.1) is 42.3 Å². The summed E-state index contributed by atoms with van der Waals surface area (Å²) in [4.78, 5) is 23.0. The number of rotatable bonds is 11. The Kier molecular flexibility index (Phi) is 10.1. The van der Waals surface area contributed by atoms with E-state index < -0.39 is 20.0 Å². The van der Waals surface area contributed by atoms with E-state index in [9.17, 15) is 18.5 Å². The van der Waals surface area contributed by atoms with Crippen LogP contribution >= 0.6 is 0 Å². The van der Waals surface area contributed by atoms with Crippen molar-refractivity contribution in [3.63, 3.8) is 0 Å². The highest BCUT2D eigenvalue weighted by Crippen LogP contribution is 2.26. The third kappa shape index (κ3) is 8.84. The predicted octanol–water partition coefficient (Wildman–Crippen LogP) is 2.72. The number of hydrogen-bond donors (Lipinski definition) is 1. The molecule has 0 bridgehead atoms. The van der Waals surface area contributed by atoms with Gasteiger partial charge in [-0.3, -0.25) is 0 Å².